The maximum absolute atomic E-state index is 13.0. The normalized spacial score (nSPS) is 19.9. The molecule has 1 aliphatic heterocycles. The van der Waals surface area contributed by atoms with E-state index in [1.807, 2.05) is 20.8 Å². The maximum Gasteiger partial charge on any atom is 0.307 e. The molecule has 0 saturated carbocycles. The summed E-state index contributed by atoms with van der Waals surface area (Å²) in [5, 5.41) is -1.28. The van der Waals surface area contributed by atoms with Crippen LogP contribution in [0, 0.1) is 0 Å². The lowest BCUT2D eigenvalue weighted by Crippen LogP contribution is -2.27. The zero-order valence-corrected chi connectivity index (χ0v) is 13.0. The van der Waals surface area contributed by atoms with Crippen molar-refractivity contribution in [1.29, 1.82) is 0 Å². The first kappa shape index (κ1) is 15.8. The maximum atomic E-state index is 13.0. The highest BCUT2D eigenvalue weighted by Gasteiger charge is 2.39. The molecule has 1 unspecified atom stereocenters. The van der Waals surface area contributed by atoms with E-state index >= 15 is 0 Å². The quantitative estimate of drug-likeness (QED) is 0.803. The van der Waals surface area contributed by atoms with E-state index in [0.29, 0.717) is 11.4 Å². The summed E-state index contributed by atoms with van der Waals surface area (Å²) in [6, 6.07) is 6.72. The Hall–Kier alpha value is -1.63. The summed E-state index contributed by atoms with van der Waals surface area (Å²) in [4.78, 5) is 13.1. The fourth-order valence-electron chi connectivity index (χ4n) is 2.16. The molecule has 0 radical (unpaired) electrons. The van der Waals surface area contributed by atoms with E-state index in [2.05, 4.69) is 0 Å². The number of ether oxygens (including phenoxy) is 1. The Morgan fingerprint density at radius 1 is 1.24 bits per heavy atom. The van der Waals surface area contributed by atoms with Crippen LogP contribution in [0.25, 0.3) is 0 Å². The van der Waals surface area contributed by atoms with E-state index < -0.39 is 21.4 Å². The second kappa shape index (κ2) is 5.29. The summed E-state index contributed by atoms with van der Waals surface area (Å²) in [6.45, 7) is 5.60. The van der Waals surface area contributed by atoms with Gasteiger partial charge in [-0.2, -0.15) is 8.42 Å². The molecule has 5 nitrogen and oxygen atoms in total. The summed E-state index contributed by atoms with van der Waals surface area (Å²) in [5.74, 6) is 0.248. The van der Waals surface area contributed by atoms with Gasteiger partial charge in [0.05, 0.1) is 0 Å². The number of benzene rings is 1. The van der Waals surface area contributed by atoms with E-state index in [1.165, 1.54) is 4.90 Å². The van der Waals surface area contributed by atoms with Gasteiger partial charge in [0.15, 0.2) is 0 Å². The number of amides is 1. The number of carbonyl (C=O) groups is 1. The Kier molecular flexibility index (Phi) is 3.97. The van der Waals surface area contributed by atoms with Gasteiger partial charge < -0.3 is 9.64 Å². The van der Waals surface area contributed by atoms with Gasteiger partial charge in [0, 0.05) is 18.7 Å². The van der Waals surface area contributed by atoms with Crippen LogP contribution in [0.4, 0.5) is 9.57 Å². The smallest absolute Gasteiger partial charge is 0.307 e. The Labute approximate surface area is 123 Å². The standard InChI is InChI=1S/C14H18FNO4S/c1-14(2,3)20-11-6-4-10(5-7-11)16-9-12(8-13(16)17)21(15,18)19/h4-7,12H,8-9H2,1-3H3. The third-order valence-corrected chi connectivity index (χ3v) is 4.17. The first-order valence-electron chi connectivity index (χ1n) is 6.59. The highest BCUT2D eigenvalue weighted by molar-refractivity contribution is 7.87. The predicted molar refractivity (Wildman–Crippen MR) is 77.6 cm³/mol. The molecular weight excluding hydrogens is 297 g/mol. The molecular formula is C14H18FNO4S. The number of rotatable bonds is 3. The van der Waals surface area contributed by atoms with Crippen molar-refractivity contribution in [3.8, 4) is 5.75 Å². The molecule has 0 spiro atoms. The van der Waals surface area contributed by atoms with Crippen LogP contribution in [-0.2, 0) is 15.0 Å². The van der Waals surface area contributed by atoms with Crippen molar-refractivity contribution in [2.75, 3.05) is 11.4 Å². The molecule has 1 aromatic rings. The van der Waals surface area contributed by atoms with E-state index in [-0.39, 0.29) is 18.6 Å². The van der Waals surface area contributed by atoms with Crippen LogP contribution < -0.4 is 9.64 Å². The summed E-state index contributed by atoms with van der Waals surface area (Å²) in [6.07, 6.45) is -0.320. The van der Waals surface area contributed by atoms with Gasteiger partial charge in [0.1, 0.15) is 16.6 Å². The Morgan fingerprint density at radius 3 is 2.24 bits per heavy atom. The molecule has 1 aliphatic rings. The van der Waals surface area contributed by atoms with Gasteiger partial charge in [-0.05, 0) is 45.0 Å². The molecule has 1 fully saturated rings. The summed E-state index contributed by atoms with van der Waals surface area (Å²) < 4.78 is 40.4. The molecule has 7 heteroatoms. The van der Waals surface area contributed by atoms with Gasteiger partial charge in [-0.1, -0.05) is 0 Å². The van der Waals surface area contributed by atoms with Crippen LogP contribution in [0.2, 0.25) is 0 Å². The first-order valence-corrected chi connectivity index (χ1v) is 8.04. The molecule has 0 bridgehead atoms. The van der Waals surface area contributed by atoms with Crippen LogP contribution in [-0.4, -0.2) is 31.7 Å². The van der Waals surface area contributed by atoms with E-state index in [4.69, 9.17) is 4.74 Å². The van der Waals surface area contributed by atoms with Crippen molar-refractivity contribution in [1.82, 2.24) is 0 Å². The summed E-state index contributed by atoms with van der Waals surface area (Å²) in [5.41, 5.74) is 0.200. The molecule has 1 amide bonds. The lowest BCUT2D eigenvalue weighted by atomic mass is 10.2. The first-order chi connectivity index (χ1) is 9.56. The van der Waals surface area contributed by atoms with Crippen LogP contribution >= 0.6 is 0 Å². The molecule has 0 N–H and O–H groups in total. The zero-order valence-electron chi connectivity index (χ0n) is 12.2. The van der Waals surface area contributed by atoms with Crippen molar-refractivity contribution >= 4 is 21.8 Å². The topological polar surface area (TPSA) is 63.7 Å². The summed E-state index contributed by atoms with van der Waals surface area (Å²) in [7, 11) is -4.70. The minimum absolute atomic E-state index is 0.156. The number of nitrogens with zero attached hydrogens (tertiary/aromatic N) is 1. The predicted octanol–water partition coefficient (Wildman–Crippen LogP) is 2.27. The average Bonchev–Trinajstić information content (AvgIpc) is 2.70. The van der Waals surface area contributed by atoms with Crippen LogP contribution in [0.15, 0.2) is 24.3 Å². The lowest BCUT2D eigenvalue weighted by Gasteiger charge is -2.22. The fraction of sp³-hybridized carbons (Fsp3) is 0.500. The van der Waals surface area contributed by atoms with Crippen LogP contribution in [0.5, 0.6) is 5.75 Å². The van der Waals surface area contributed by atoms with Crippen molar-refractivity contribution in [2.45, 2.75) is 38.0 Å². The van der Waals surface area contributed by atoms with Crippen molar-refractivity contribution in [3.63, 3.8) is 0 Å². The minimum atomic E-state index is -4.70. The highest BCUT2D eigenvalue weighted by Crippen LogP contribution is 2.28. The molecule has 116 valence electrons. The van der Waals surface area contributed by atoms with E-state index in [9.17, 15) is 17.1 Å². The molecule has 1 aromatic carbocycles. The van der Waals surface area contributed by atoms with E-state index in [0.717, 1.165) is 0 Å². The van der Waals surface area contributed by atoms with Crippen molar-refractivity contribution < 1.29 is 21.8 Å². The third-order valence-electron chi connectivity index (χ3n) is 3.06. The lowest BCUT2D eigenvalue weighted by molar-refractivity contribution is -0.117. The molecule has 1 saturated heterocycles. The Morgan fingerprint density at radius 2 is 1.81 bits per heavy atom. The second-order valence-electron chi connectivity index (χ2n) is 6.01. The number of halogens is 1. The Bertz CT molecular complexity index is 634. The zero-order chi connectivity index (χ0) is 15.8. The average molecular weight is 315 g/mol. The largest absolute Gasteiger partial charge is 0.488 e. The third kappa shape index (κ3) is 3.93. The van der Waals surface area contributed by atoms with Crippen molar-refractivity contribution in [3.05, 3.63) is 24.3 Å². The van der Waals surface area contributed by atoms with E-state index in [1.54, 1.807) is 24.3 Å². The second-order valence-corrected chi connectivity index (χ2v) is 7.63. The molecule has 1 atom stereocenters. The highest BCUT2D eigenvalue weighted by atomic mass is 32.3. The number of hydrogen-bond donors (Lipinski definition) is 0. The van der Waals surface area contributed by atoms with Crippen molar-refractivity contribution in [2.24, 2.45) is 0 Å². The molecule has 21 heavy (non-hydrogen) atoms. The monoisotopic (exact) mass is 315 g/mol. The van der Waals surface area contributed by atoms with Gasteiger partial charge in [0.2, 0.25) is 5.91 Å². The van der Waals surface area contributed by atoms with Gasteiger partial charge in [-0.15, -0.1) is 3.89 Å². The Balaban J connectivity index is 2.14. The minimum Gasteiger partial charge on any atom is -0.488 e. The molecule has 0 aromatic heterocycles. The van der Waals surface area contributed by atoms with Crippen LogP contribution in [0.1, 0.15) is 27.2 Å². The number of anilines is 1. The van der Waals surface area contributed by atoms with Gasteiger partial charge in [0.25, 0.3) is 0 Å². The van der Waals surface area contributed by atoms with Gasteiger partial charge in [-0.3, -0.25) is 4.79 Å². The SMILES string of the molecule is CC(C)(C)Oc1ccc(N2CC(S(=O)(=O)F)CC2=O)cc1. The number of carbonyl (C=O) groups excluding carboxylic acids is 1. The van der Waals surface area contributed by atoms with Gasteiger partial charge >= 0.3 is 10.2 Å². The number of hydrogen-bond acceptors (Lipinski definition) is 4. The molecule has 0 aliphatic carbocycles. The summed E-state index contributed by atoms with van der Waals surface area (Å²) >= 11 is 0. The van der Waals surface area contributed by atoms with Crippen LogP contribution in [0.3, 0.4) is 0 Å². The fourth-order valence-corrected chi connectivity index (χ4v) is 2.83. The van der Waals surface area contributed by atoms with Gasteiger partial charge in [-0.25, -0.2) is 0 Å². The molecule has 2 rings (SSSR count). The molecule has 1 heterocycles.